The monoisotopic (exact) mass is 247 g/mol. The maximum absolute atomic E-state index is 3.63. The van der Waals surface area contributed by atoms with Crippen LogP contribution in [0.1, 0.15) is 51.2 Å². The topological polar surface area (TPSA) is 12.0 Å². The van der Waals surface area contributed by atoms with Gasteiger partial charge in [0.05, 0.1) is 0 Å². The molecule has 1 N–H and O–H groups in total. The fraction of sp³-hybridized carbons (Fsp3) is 0.647. The maximum atomic E-state index is 3.63. The Bertz CT molecular complexity index is 343. The van der Waals surface area contributed by atoms with Crippen LogP contribution in [0.25, 0.3) is 0 Å². The Balaban J connectivity index is 2.75. The number of nitrogens with one attached hydrogen (secondary N) is 1. The van der Waals surface area contributed by atoms with Crippen molar-refractivity contribution in [2.75, 3.05) is 13.1 Å². The Hall–Kier alpha value is -0.820. The molecule has 0 aliphatic carbocycles. The summed E-state index contributed by atoms with van der Waals surface area (Å²) in [5.41, 5.74) is 2.94. The van der Waals surface area contributed by atoms with Crippen molar-refractivity contribution in [1.82, 2.24) is 5.32 Å². The minimum Gasteiger partial charge on any atom is -0.316 e. The molecule has 0 bridgehead atoms. The van der Waals surface area contributed by atoms with Crippen LogP contribution >= 0.6 is 0 Å². The average Bonchev–Trinajstić information content (AvgIpc) is 2.35. The highest BCUT2D eigenvalue weighted by atomic mass is 14.9. The van der Waals surface area contributed by atoms with Gasteiger partial charge < -0.3 is 5.32 Å². The first-order valence-electron chi connectivity index (χ1n) is 7.32. The predicted octanol–water partition coefficient (Wildman–Crippen LogP) is 4.37. The third kappa shape index (κ3) is 4.45. The second-order valence-electron chi connectivity index (χ2n) is 5.90. The molecule has 0 aliphatic rings. The van der Waals surface area contributed by atoms with Gasteiger partial charge in [0.25, 0.3) is 0 Å². The summed E-state index contributed by atoms with van der Waals surface area (Å²) in [5, 5.41) is 3.63. The molecule has 102 valence electrons. The third-order valence-corrected chi connectivity index (χ3v) is 3.84. The molecule has 2 unspecified atom stereocenters. The molecule has 1 aromatic carbocycles. The van der Waals surface area contributed by atoms with E-state index in [4.69, 9.17) is 0 Å². The molecule has 0 amide bonds. The molecule has 0 saturated carbocycles. The summed E-state index contributed by atoms with van der Waals surface area (Å²) in [6, 6.07) is 8.82. The van der Waals surface area contributed by atoms with E-state index in [0.717, 1.165) is 24.9 Å². The largest absolute Gasteiger partial charge is 0.316 e. The molecule has 0 saturated heterocycles. The predicted molar refractivity (Wildman–Crippen MR) is 81.1 cm³/mol. The number of hydrogen-bond acceptors (Lipinski definition) is 1. The number of rotatable bonds is 7. The summed E-state index contributed by atoms with van der Waals surface area (Å²) in [4.78, 5) is 0. The van der Waals surface area contributed by atoms with Crippen molar-refractivity contribution in [3.05, 3.63) is 35.4 Å². The van der Waals surface area contributed by atoms with E-state index in [2.05, 4.69) is 64.2 Å². The first kappa shape index (κ1) is 15.2. The van der Waals surface area contributed by atoms with Crippen LogP contribution in [0.3, 0.4) is 0 Å². The zero-order valence-corrected chi connectivity index (χ0v) is 12.7. The Morgan fingerprint density at radius 1 is 1.06 bits per heavy atom. The van der Waals surface area contributed by atoms with Gasteiger partial charge in [0.2, 0.25) is 0 Å². The van der Waals surface area contributed by atoms with Gasteiger partial charge in [-0.2, -0.15) is 0 Å². The molecule has 1 aromatic rings. The molecule has 0 radical (unpaired) electrons. The summed E-state index contributed by atoms with van der Waals surface area (Å²) >= 11 is 0. The second kappa shape index (κ2) is 7.58. The van der Waals surface area contributed by atoms with E-state index in [9.17, 15) is 0 Å². The maximum Gasteiger partial charge on any atom is 0.00229 e. The minimum absolute atomic E-state index is 0.634. The van der Waals surface area contributed by atoms with Gasteiger partial charge in [-0.15, -0.1) is 0 Å². The highest BCUT2D eigenvalue weighted by molar-refractivity contribution is 5.29. The van der Waals surface area contributed by atoms with Crippen LogP contribution in [0.2, 0.25) is 0 Å². The quantitative estimate of drug-likeness (QED) is 0.754. The lowest BCUT2D eigenvalue weighted by atomic mass is 9.83. The molecule has 0 fully saturated rings. The van der Waals surface area contributed by atoms with Crippen LogP contribution in [-0.2, 0) is 0 Å². The summed E-state index contributed by atoms with van der Waals surface area (Å²) in [6.45, 7) is 13.6. The lowest BCUT2D eigenvalue weighted by Gasteiger charge is -2.26. The molecular formula is C17H29N. The van der Waals surface area contributed by atoms with Crippen molar-refractivity contribution in [1.29, 1.82) is 0 Å². The van der Waals surface area contributed by atoms with E-state index in [-0.39, 0.29) is 0 Å². The molecule has 1 heteroatoms. The van der Waals surface area contributed by atoms with Gasteiger partial charge in [0, 0.05) is 6.54 Å². The van der Waals surface area contributed by atoms with Crippen molar-refractivity contribution < 1.29 is 0 Å². The van der Waals surface area contributed by atoms with Crippen LogP contribution in [-0.4, -0.2) is 13.1 Å². The van der Waals surface area contributed by atoms with Gasteiger partial charge in [-0.25, -0.2) is 0 Å². The zero-order chi connectivity index (χ0) is 13.5. The molecule has 1 rings (SSSR count). The Morgan fingerprint density at radius 3 is 2.28 bits per heavy atom. The Labute approximate surface area is 113 Å². The fourth-order valence-corrected chi connectivity index (χ4v) is 2.43. The summed E-state index contributed by atoms with van der Waals surface area (Å²) < 4.78 is 0. The van der Waals surface area contributed by atoms with Crippen molar-refractivity contribution in [3.8, 4) is 0 Å². The number of benzene rings is 1. The molecule has 2 atom stereocenters. The van der Waals surface area contributed by atoms with Gasteiger partial charge in [-0.1, -0.05) is 58.4 Å². The Morgan fingerprint density at radius 2 is 1.72 bits per heavy atom. The van der Waals surface area contributed by atoms with E-state index in [1.165, 1.54) is 17.5 Å². The van der Waals surface area contributed by atoms with Gasteiger partial charge >= 0.3 is 0 Å². The van der Waals surface area contributed by atoms with E-state index >= 15 is 0 Å². The SMILES string of the molecule is CCC(C)C(CNCC(C)C)c1ccccc1C. The fourth-order valence-electron chi connectivity index (χ4n) is 2.43. The highest BCUT2D eigenvalue weighted by Gasteiger charge is 2.19. The Kier molecular flexibility index (Phi) is 6.42. The number of aryl methyl sites for hydroxylation is 1. The molecule has 0 aromatic heterocycles. The highest BCUT2D eigenvalue weighted by Crippen LogP contribution is 2.28. The van der Waals surface area contributed by atoms with E-state index in [1.807, 2.05) is 0 Å². The molecule has 18 heavy (non-hydrogen) atoms. The van der Waals surface area contributed by atoms with E-state index in [0.29, 0.717) is 5.92 Å². The van der Waals surface area contributed by atoms with Gasteiger partial charge in [0.1, 0.15) is 0 Å². The average molecular weight is 247 g/mol. The van der Waals surface area contributed by atoms with Crippen LogP contribution in [0.5, 0.6) is 0 Å². The van der Waals surface area contributed by atoms with E-state index in [1.54, 1.807) is 0 Å². The smallest absolute Gasteiger partial charge is 0.00229 e. The summed E-state index contributed by atoms with van der Waals surface area (Å²) in [6.07, 6.45) is 1.24. The molecule has 0 spiro atoms. The third-order valence-electron chi connectivity index (χ3n) is 3.84. The van der Waals surface area contributed by atoms with Crippen LogP contribution in [0.15, 0.2) is 24.3 Å². The molecule has 1 nitrogen and oxygen atoms in total. The minimum atomic E-state index is 0.634. The molecule has 0 aliphatic heterocycles. The lowest BCUT2D eigenvalue weighted by Crippen LogP contribution is -2.28. The second-order valence-corrected chi connectivity index (χ2v) is 5.90. The zero-order valence-electron chi connectivity index (χ0n) is 12.7. The van der Waals surface area contributed by atoms with Gasteiger partial charge in [0.15, 0.2) is 0 Å². The standard InChI is InChI=1S/C17H29N/c1-6-14(4)17(12-18-11-13(2)3)16-10-8-7-9-15(16)5/h7-10,13-14,17-18H,6,11-12H2,1-5H3. The lowest BCUT2D eigenvalue weighted by molar-refractivity contribution is 0.408. The van der Waals surface area contributed by atoms with Crippen molar-refractivity contribution in [3.63, 3.8) is 0 Å². The van der Waals surface area contributed by atoms with Gasteiger partial charge in [-0.05, 0) is 42.3 Å². The van der Waals surface area contributed by atoms with Crippen molar-refractivity contribution in [2.24, 2.45) is 11.8 Å². The van der Waals surface area contributed by atoms with Gasteiger partial charge in [-0.3, -0.25) is 0 Å². The molecular weight excluding hydrogens is 218 g/mol. The normalized spacial score (nSPS) is 14.8. The first-order valence-corrected chi connectivity index (χ1v) is 7.32. The summed E-state index contributed by atoms with van der Waals surface area (Å²) in [7, 11) is 0. The van der Waals surface area contributed by atoms with Crippen molar-refractivity contribution >= 4 is 0 Å². The first-order chi connectivity index (χ1) is 8.56. The van der Waals surface area contributed by atoms with Crippen LogP contribution < -0.4 is 5.32 Å². The van der Waals surface area contributed by atoms with Crippen molar-refractivity contribution in [2.45, 2.75) is 47.0 Å². The van der Waals surface area contributed by atoms with Crippen LogP contribution in [0, 0.1) is 18.8 Å². The van der Waals surface area contributed by atoms with Crippen LogP contribution in [0.4, 0.5) is 0 Å². The van der Waals surface area contributed by atoms with E-state index < -0.39 is 0 Å². The molecule has 0 heterocycles. The number of hydrogen-bond donors (Lipinski definition) is 1. The summed E-state index contributed by atoms with van der Waals surface area (Å²) in [5.74, 6) is 2.08.